The Bertz CT molecular complexity index is 1290. The van der Waals surface area contributed by atoms with Crippen molar-refractivity contribution in [3.63, 3.8) is 0 Å². The predicted octanol–water partition coefficient (Wildman–Crippen LogP) is 5.81. The summed E-state index contributed by atoms with van der Waals surface area (Å²) in [4.78, 5) is 12.7. The van der Waals surface area contributed by atoms with Gasteiger partial charge in [0.05, 0.1) is 10.7 Å². The van der Waals surface area contributed by atoms with Crippen molar-refractivity contribution in [1.29, 1.82) is 0 Å². The van der Waals surface area contributed by atoms with E-state index in [0.717, 1.165) is 29.5 Å². The Hall–Kier alpha value is -2.83. The average molecular weight is 485 g/mol. The molecule has 3 aromatic carbocycles. The molecule has 5 nitrogen and oxygen atoms in total. The van der Waals surface area contributed by atoms with Crippen molar-refractivity contribution >= 4 is 33.2 Å². The fourth-order valence-electron chi connectivity index (χ4n) is 3.58. The van der Waals surface area contributed by atoms with Crippen molar-refractivity contribution in [2.45, 2.75) is 52.0 Å². The lowest BCUT2D eigenvalue weighted by Crippen LogP contribution is -2.24. The Morgan fingerprint density at radius 3 is 2.36 bits per heavy atom. The minimum Gasteiger partial charge on any atom is -0.348 e. The number of benzene rings is 3. The molecular weight excluding hydrogens is 456 g/mol. The maximum Gasteiger partial charge on any atom is 0.263 e. The lowest BCUT2D eigenvalue weighted by Gasteiger charge is -2.14. The number of nitrogens with one attached hydrogen (secondary N) is 2. The topological polar surface area (TPSA) is 75.3 Å². The molecule has 0 fully saturated rings. The molecule has 2 N–H and O–H groups in total. The summed E-state index contributed by atoms with van der Waals surface area (Å²) < 4.78 is 28.7. The SMILES string of the molecule is CCc1ccc(CC)c(CNC(=O)c2ccc(Cl)c(S(=O)(=O)Nc3cc(C)ccc3C)c2)c1. The third kappa shape index (κ3) is 5.95. The molecule has 0 radical (unpaired) electrons. The summed E-state index contributed by atoms with van der Waals surface area (Å²) in [5.74, 6) is -0.362. The van der Waals surface area contributed by atoms with Gasteiger partial charge in [0, 0.05) is 12.1 Å². The Labute approximate surface area is 201 Å². The van der Waals surface area contributed by atoms with E-state index in [2.05, 4.69) is 42.1 Å². The zero-order valence-electron chi connectivity index (χ0n) is 19.3. The van der Waals surface area contributed by atoms with Crippen LogP contribution in [0.5, 0.6) is 0 Å². The number of aryl methyl sites for hydroxylation is 4. The Morgan fingerprint density at radius 1 is 0.909 bits per heavy atom. The van der Waals surface area contributed by atoms with Gasteiger partial charge in [-0.15, -0.1) is 0 Å². The first-order chi connectivity index (χ1) is 15.6. The highest BCUT2D eigenvalue weighted by atomic mass is 35.5. The van der Waals surface area contributed by atoms with Crippen LogP contribution in [0.1, 0.15) is 52.0 Å². The molecule has 174 valence electrons. The van der Waals surface area contributed by atoms with Crippen LogP contribution in [0.2, 0.25) is 5.02 Å². The Morgan fingerprint density at radius 2 is 1.67 bits per heavy atom. The van der Waals surface area contributed by atoms with Crippen molar-refractivity contribution in [2.75, 3.05) is 4.72 Å². The van der Waals surface area contributed by atoms with Gasteiger partial charge in [-0.3, -0.25) is 9.52 Å². The number of hydrogen-bond donors (Lipinski definition) is 2. The minimum absolute atomic E-state index is 0.0493. The molecule has 0 aliphatic rings. The quantitative estimate of drug-likeness (QED) is 0.423. The molecule has 0 heterocycles. The second kappa shape index (κ2) is 10.4. The van der Waals surface area contributed by atoms with Crippen LogP contribution in [-0.2, 0) is 29.4 Å². The number of carbonyl (C=O) groups excluding carboxylic acids is 1. The summed E-state index contributed by atoms with van der Waals surface area (Å²) in [6, 6.07) is 16.1. The van der Waals surface area contributed by atoms with E-state index in [9.17, 15) is 13.2 Å². The van der Waals surface area contributed by atoms with E-state index < -0.39 is 10.0 Å². The standard InChI is InChI=1S/C26H29ClN2O3S/c1-5-19-9-10-20(6-2)22(14-19)16-28-26(30)21-11-12-23(27)25(15-21)33(31,32)29-24-13-17(3)7-8-18(24)4/h7-15,29H,5-6,16H2,1-4H3,(H,28,30). The lowest BCUT2D eigenvalue weighted by atomic mass is 10.0. The zero-order chi connectivity index (χ0) is 24.2. The molecular formula is C26H29ClN2O3S. The summed E-state index contributed by atoms with van der Waals surface area (Å²) in [6.07, 6.45) is 1.78. The molecule has 7 heteroatoms. The van der Waals surface area contributed by atoms with Crippen LogP contribution in [0.15, 0.2) is 59.5 Å². The average Bonchev–Trinajstić information content (AvgIpc) is 2.79. The fourth-order valence-corrected chi connectivity index (χ4v) is 5.23. The summed E-state index contributed by atoms with van der Waals surface area (Å²) in [7, 11) is -3.99. The van der Waals surface area contributed by atoms with Gasteiger partial charge in [0.15, 0.2) is 0 Å². The second-order valence-electron chi connectivity index (χ2n) is 8.06. The second-order valence-corrected chi connectivity index (χ2v) is 10.1. The zero-order valence-corrected chi connectivity index (χ0v) is 20.9. The molecule has 0 aliphatic carbocycles. The van der Waals surface area contributed by atoms with Crippen LogP contribution >= 0.6 is 11.6 Å². The van der Waals surface area contributed by atoms with Crippen molar-refractivity contribution in [1.82, 2.24) is 5.32 Å². The summed E-state index contributed by atoms with van der Waals surface area (Å²) in [5.41, 5.74) is 5.85. The molecule has 33 heavy (non-hydrogen) atoms. The number of anilines is 1. The van der Waals surface area contributed by atoms with E-state index in [0.29, 0.717) is 12.2 Å². The number of sulfonamides is 1. The molecule has 1 amide bonds. The van der Waals surface area contributed by atoms with Crippen LogP contribution in [0.3, 0.4) is 0 Å². The van der Waals surface area contributed by atoms with E-state index in [-0.39, 0.29) is 21.4 Å². The first-order valence-electron chi connectivity index (χ1n) is 10.9. The lowest BCUT2D eigenvalue weighted by molar-refractivity contribution is 0.0950. The molecule has 0 saturated carbocycles. The van der Waals surface area contributed by atoms with Gasteiger partial charge in [-0.2, -0.15) is 0 Å². The van der Waals surface area contributed by atoms with E-state index in [4.69, 9.17) is 11.6 Å². The monoisotopic (exact) mass is 484 g/mol. The fraction of sp³-hybridized carbons (Fsp3) is 0.269. The van der Waals surface area contributed by atoms with Crippen molar-refractivity contribution < 1.29 is 13.2 Å². The van der Waals surface area contributed by atoms with Gasteiger partial charge in [0.25, 0.3) is 15.9 Å². The van der Waals surface area contributed by atoms with E-state index in [1.54, 1.807) is 6.07 Å². The van der Waals surface area contributed by atoms with E-state index in [1.807, 2.05) is 26.0 Å². The van der Waals surface area contributed by atoms with Gasteiger partial charge in [-0.25, -0.2) is 8.42 Å². The van der Waals surface area contributed by atoms with Crippen molar-refractivity contribution in [3.05, 3.63) is 93.0 Å². The van der Waals surface area contributed by atoms with E-state index in [1.165, 1.54) is 29.3 Å². The van der Waals surface area contributed by atoms with Gasteiger partial charge < -0.3 is 5.32 Å². The normalized spacial score (nSPS) is 11.3. The van der Waals surface area contributed by atoms with Gasteiger partial charge in [-0.05, 0) is 78.8 Å². The summed E-state index contributed by atoms with van der Waals surface area (Å²) >= 11 is 6.22. The summed E-state index contributed by atoms with van der Waals surface area (Å²) in [5, 5.41) is 2.96. The first-order valence-corrected chi connectivity index (χ1v) is 12.8. The van der Waals surface area contributed by atoms with Gasteiger partial charge in [-0.1, -0.05) is 55.8 Å². The third-order valence-corrected chi connectivity index (χ3v) is 7.47. The molecule has 0 bridgehead atoms. The molecule has 3 rings (SSSR count). The smallest absolute Gasteiger partial charge is 0.263 e. The summed E-state index contributed by atoms with van der Waals surface area (Å²) in [6.45, 7) is 8.23. The van der Waals surface area contributed by atoms with Crippen molar-refractivity contribution in [3.8, 4) is 0 Å². The Balaban J connectivity index is 1.83. The van der Waals surface area contributed by atoms with Crippen LogP contribution in [0, 0.1) is 13.8 Å². The highest BCUT2D eigenvalue weighted by Crippen LogP contribution is 2.27. The third-order valence-electron chi connectivity index (χ3n) is 5.62. The van der Waals surface area contributed by atoms with Crippen LogP contribution < -0.4 is 10.0 Å². The maximum absolute atomic E-state index is 13.1. The van der Waals surface area contributed by atoms with E-state index >= 15 is 0 Å². The van der Waals surface area contributed by atoms with Crippen LogP contribution in [0.25, 0.3) is 0 Å². The Kier molecular flexibility index (Phi) is 7.82. The first kappa shape index (κ1) is 24.8. The molecule has 0 unspecified atom stereocenters. The molecule has 0 saturated heterocycles. The highest BCUT2D eigenvalue weighted by Gasteiger charge is 2.21. The molecule has 0 aliphatic heterocycles. The number of carbonyl (C=O) groups is 1. The number of amides is 1. The number of hydrogen-bond acceptors (Lipinski definition) is 3. The maximum atomic E-state index is 13.1. The van der Waals surface area contributed by atoms with Crippen molar-refractivity contribution in [2.24, 2.45) is 0 Å². The van der Waals surface area contributed by atoms with Gasteiger partial charge in [0.1, 0.15) is 4.90 Å². The number of rotatable bonds is 8. The van der Waals surface area contributed by atoms with Gasteiger partial charge in [0.2, 0.25) is 0 Å². The molecule has 0 spiro atoms. The molecule has 0 aromatic heterocycles. The van der Waals surface area contributed by atoms with Crippen LogP contribution in [-0.4, -0.2) is 14.3 Å². The highest BCUT2D eigenvalue weighted by molar-refractivity contribution is 7.92. The minimum atomic E-state index is -3.99. The van der Waals surface area contributed by atoms with Gasteiger partial charge >= 0.3 is 0 Å². The number of halogens is 1. The predicted molar refractivity (Wildman–Crippen MR) is 135 cm³/mol. The van der Waals surface area contributed by atoms with Crippen LogP contribution in [0.4, 0.5) is 5.69 Å². The molecule has 0 atom stereocenters. The largest absolute Gasteiger partial charge is 0.348 e. The molecule has 3 aromatic rings.